The number of carboxylic acid groups (broad SMARTS) is 1. The molecule has 1 saturated carbocycles. The van der Waals surface area contributed by atoms with Crippen molar-refractivity contribution < 1.29 is 14.7 Å². The molecule has 1 atom stereocenters. The van der Waals surface area contributed by atoms with Crippen LogP contribution in [-0.4, -0.2) is 44.8 Å². The van der Waals surface area contributed by atoms with E-state index in [0.29, 0.717) is 12.8 Å². The standard InChI is InChI=1S/C12H17N3O3/c1-8(15-5-3-4-13-15)11(16)14(2)10-6-9(7-10)12(17)18/h3-5,8-10H,6-7H2,1-2H3,(H,17,18). The molecule has 1 aromatic rings. The van der Waals surface area contributed by atoms with Gasteiger partial charge in [-0.05, 0) is 25.8 Å². The van der Waals surface area contributed by atoms with Crippen molar-refractivity contribution in [3.63, 3.8) is 0 Å². The Morgan fingerprint density at radius 3 is 2.67 bits per heavy atom. The third-order valence-electron chi connectivity index (χ3n) is 3.64. The van der Waals surface area contributed by atoms with E-state index >= 15 is 0 Å². The van der Waals surface area contributed by atoms with Gasteiger partial charge in [-0.3, -0.25) is 14.3 Å². The van der Waals surface area contributed by atoms with Crippen LogP contribution in [0.5, 0.6) is 0 Å². The molecule has 0 aliphatic heterocycles. The van der Waals surface area contributed by atoms with Crippen LogP contribution in [0.4, 0.5) is 0 Å². The van der Waals surface area contributed by atoms with E-state index in [4.69, 9.17) is 5.11 Å². The van der Waals surface area contributed by atoms with Crippen LogP contribution in [0.1, 0.15) is 25.8 Å². The molecule has 6 heteroatoms. The highest BCUT2D eigenvalue weighted by molar-refractivity contribution is 5.80. The summed E-state index contributed by atoms with van der Waals surface area (Å²) in [6.45, 7) is 1.79. The summed E-state index contributed by atoms with van der Waals surface area (Å²) in [5, 5.41) is 12.9. The lowest BCUT2D eigenvalue weighted by Gasteiger charge is -2.40. The van der Waals surface area contributed by atoms with E-state index in [2.05, 4.69) is 5.10 Å². The molecule has 2 rings (SSSR count). The lowest BCUT2D eigenvalue weighted by atomic mass is 9.79. The van der Waals surface area contributed by atoms with Crippen molar-refractivity contribution in [1.82, 2.24) is 14.7 Å². The largest absolute Gasteiger partial charge is 0.481 e. The molecule has 0 aromatic carbocycles. The quantitative estimate of drug-likeness (QED) is 0.857. The maximum atomic E-state index is 12.2. The Balaban J connectivity index is 1.92. The summed E-state index contributed by atoms with van der Waals surface area (Å²) in [7, 11) is 1.73. The lowest BCUT2D eigenvalue weighted by molar-refractivity contribution is -0.151. The summed E-state index contributed by atoms with van der Waals surface area (Å²) in [6, 6.07) is 1.46. The molecular formula is C12H17N3O3. The number of nitrogens with zero attached hydrogens (tertiary/aromatic N) is 3. The van der Waals surface area contributed by atoms with Crippen LogP contribution in [-0.2, 0) is 9.59 Å². The number of carboxylic acids is 1. The first-order chi connectivity index (χ1) is 8.50. The van der Waals surface area contributed by atoms with E-state index in [-0.39, 0.29) is 23.9 Å². The fourth-order valence-electron chi connectivity index (χ4n) is 2.20. The fraction of sp³-hybridized carbons (Fsp3) is 0.583. The highest BCUT2D eigenvalue weighted by Crippen LogP contribution is 2.32. The Morgan fingerprint density at radius 1 is 1.50 bits per heavy atom. The Kier molecular flexibility index (Phi) is 3.36. The molecular weight excluding hydrogens is 234 g/mol. The molecule has 1 fully saturated rings. The SMILES string of the molecule is CC(C(=O)N(C)C1CC(C(=O)O)C1)n1cccn1. The van der Waals surface area contributed by atoms with Crippen molar-refractivity contribution >= 4 is 11.9 Å². The fourth-order valence-corrected chi connectivity index (χ4v) is 2.20. The lowest BCUT2D eigenvalue weighted by Crippen LogP contribution is -2.49. The molecule has 0 bridgehead atoms. The van der Waals surface area contributed by atoms with E-state index in [0.717, 1.165) is 0 Å². The minimum atomic E-state index is -0.771. The molecule has 98 valence electrons. The summed E-state index contributed by atoms with van der Waals surface area (Å²) in [5.74, 6) is -1.11. The van der Waals surface area contributed by atoms with Gasteiger partial charge in [0.05, 0.1) is 5.92 Å². The van der Waals surface area contributed by atoms with Crippen molar-refractivity contribution in [2.24, 2.45) is 5.92 Å². The second-order valence-electron chi connectivity index (χ2n) is 4.77. The third-order valence-corrected chi connectivity index (χ3v) is 3.64. The number of likely N-dealkylation sites (N-methyl/N-ethyl adjacent to an activating group) is 1. The predicted molar refractivity (Wildman–Crippen MR) is 63.9 cm³/mol. The molecule has 1 amide bonds. The average molecular weight is 251 g/mol. The Bertz CT molecular complexity index is 437. The molecule has 1 heterocycles. The molecule has 18 heavy (non-hydrogen) atoms. The zero-order valence-electron chi connectivity index (χ0n) is 10.5. The number of rotatable bonds is 4. The van der Waals surface area contributed by atoms with E-state index < -0.39 is 5.97 Å². The molecule has 1 unspecified atom stereocenters. The Labute approximate surface area is 105 Å². The zero-order valence-corrected chi connectivity index (χ0v) is 10.5. The molecule has 1 N–H and O–H groups in total. The van der Waals surface area contributed by atoms with Crippen LogP contribution in [0.15, 0.2) is 18.5 Å². The van der Waals surface area contributed by atoms with Crippen molar-refractivity contribution in [3.05, 3.63) is 18.5 Å². The minimum absolute atomic E-state index is 0.0347. The molecule has 6 nitrogen and oxygen atoms in total. The number of amides is 1. The molecule has 0 spiro atoms. The number of aliphatic carboxylic acids is 1. The van der Waals surface area contributed by atoms with Crippen molar-refractivity contribution in [3.8, 4) is 0 Å². The monoisotopic (exact) mass is 251 g/mol. The number of hydrogen-bond donors (Lipinski definition) is 1. The van der Waals surface area contributed by atoms with Crippen LogP contribution < -0.4 is 0 Å². The van der Waals surface area contributed by atoms with Gasteiger partial charge < -0.3 is 10.0 Å². The summed E-state index contributed by atoms with van der Waals surface area (Å²) >= 11 is 0. The van der Waals surface area contributed by atoms with Gasteiger partial charge in [0.1, 0.15) is 6.04 Å². The topological polar surface area (TPSA) is 75.4 Å². The van der Waals surface area contributed by atoms with Crippen molar-refractivity contribution in [1.29, 1.82) is 0 Å². The van der Waals surface area contributed by atoms with E-state index in [1.807, 2.05) is 0 Å². The summed E-state index contributed by atoms with van der Waals surface area (Å²) < 4.78 is 1.60. The van der Waals surface area contributed by atoms with Gasteiger partial charge in [0.15, 0.2) is 0 Å². The normalized spacial score (nSPS) is 24.1. The van der Waals surface area contributed by atoms with Crippen LogP contribution in [0.25, 0.3) is 0 Å². The smallest absolute Gasteiger partial charge is 0.306 e. The molecule has 1 aliphatic rings. The summed E-state index contributed by atoms with van der Waals surface area (Å²) in [4.78, 5) is 24.5. The third kappa shape index (κ3) is 2.23. The highest BCUT2D eigenvalue weighted by atomic mass is 16.4. The van der Waals surface area contributed by atoms with Gasteiger partial charge in [-0.15, -0.1) is 0 Å². The Hall–Kier alpha value is -1.85. The van der Waals surface area contributed by atoms with Gasteiger partial charge >= 0.3 is 5.97 Å². The Morgan fingerprint density at radius 2 is 2.17 bits per heavy atom. The highest BCUT2D eigenvalue weighted by Gasteiger charge is 2.39. The average Bonchev–Trinajstić information content (AvgIpc) is 2.77. The summed E-state index contributed by atoms with van der Waals surface area (Å²) in [6.07, 6.45) is 4.47. The first-order valence-electron chi connectivity index (χ1n) is 5.99. The van der Waals surface area contributed by atoms with Gasteiger partial charge in [-0.2, -0.15) is 5.10 Å². The molecule has 0 radical (unpaired) electrons. The second-order valence-corrected chi connectivity index (χ2v) is 4.77. The van der Waals surface area contributed by atoms with E-state index in [1.165, 1.54) is 0 Å². The molecule has 1 aliphatic carbocycles. The maximum absolute atomic E-state index is 12.2. The van der Waals surface area contributed by atoms with Crippen LogP contribution in [0, 0.1) is 5.92 Å². The number of carbonyl (C=O) groups excluding carboxylic acids is 1. The van der Waals surface area contributed by atoms with Gasteiger partial charge in [0.25, 0.3) is 0 Å². The van der Waals surface area contributed by atoms with Gasteiger partial charge in [0, 0.05) is 25.5 Å². The minimum Gasteiger partial charge on any atom is -0.481 e. The van der Waals surface area contributed by atoms with Crippen LogP contribution in [0.2, 0.25) is 0 Å². The first kappa shape index (κ1) is 12.6. The predicted octanol–water partition coefficient (Wildman–Crippen LogP) is 0.766. The first-order valence-corrected chi connectivity index (χ1v) is 5.99. The van der Waals surface area contributed by atoms with Crippen LogP contribution >= 0.6 is 0 Å². The van der Waals surface area contributed by atoms with Gasteiger partial charge in [-0.1, -0.05) is 0 Å². The summed E-state index contributed by atoms with van der Waals surface area (Å²) in [5.41, 5.74) is 0. The molecule has 0 saturated heterocycles. The number of carbonyl (C=O) groups is 2. The van der Waals surface area contributed by atoms with E-state index in [9.17, 15) is 9.59 Å². The maximum Gasteiger partial charge on any atom is 0.306 e. The van der Waals surface area contributed by atoms with Gasteiger partial charge in [-0.25, -0.2) is 0 Å². The van der Waals surface area contributed by atoms with E-state index in [1.54, 1.807) is 42.0 Å². The number of aromatic nitrogens is 2. The van der Waals surface area contributed by atoms with Crippen molar-refractivity contribution in [2.45, 2.75) is 31.8 Å². The zero-order chi connectivity index (χ0) is 13.3. The molecule has 1 aromatic heterocycles. The van der Waals surface area contributed by atoms with Crippen molar-refractivity contribution in [2.75, 3.05) is 7.05 Å². The van der Waals surface area contributed by atoms with Crippen LogP contribution in [0.3, 0.4) is 0 Å². The number of hydrogen-bond acceptors (Lipinski definition) is 3. The van der Waals surface area contributed by atoms with Gasteiger partial charge in [0.2, 0.25) is 5.91 Å². The second kappa shape index (κ2) is 4.80.